The van der Waals surface area contributed by atoms with Crippen LogP contribution in [0.1, 0.15) is 65.2 Å². The van der Waals surface area contributed by atoms with E-state index in [4.69, 9.17) is 0 Å². The summed E-state index contributed by atoms with van der Waals surface area (Å²) in [5.74, 6) is -0.622. The molecule has 1 fully saturated rings. The predicted octanol–water partition coefficient (Wildman–Crippen LogP) is 2.72. The SMILES string of the molecule is CCCCCC(=O)NC1(C(=O)O)CCCC(C)C1. The molecule has 0 radical (unpaired) electrons. The van der Waals surface area contributed by atoms with Crippen LogP contribution in [0.5, 0.6) is 0 Å². The first-order valence-corrected chi connectivity index (χ1v) is 7.04. The van der Waals surface area contributed by atoms with E-state index < -0.39 is 11.5 Å². The van der Waals surface area contributed by atoms with Crippen molar-refractivity contribution >= 4 is 11.9 Å². The van der Waals surface area contributed by atoms with Crippen molar-refractivity contribution in [2.24, 2.45) is 5.92 Å². The minimum absolute atomic E-state index is 0.111. The maximum Gasteiger partial charge on any atom is 0.329 e. The first-order chi connectivity index (χ1) is 8.50. The average Bonchev–Trinajstić information content (AvgIpc) is 2.29. The molecule has 0 saturated heterocycles. The van der Waals surface area contributed by atoms with E-state index in [0.29, 0.717) is 25.2 Å². The predicted molar refractivity (Wildman–Crippen MR) is 70.3 cm³/mol. The summed E-state index contributed by atoms with van der Waals surface area (Å²) in [5, 5.41) is 12.2. The Labute approximate surface area is 109 Å². The highest BCUT2D eigenvalue weighted by molar-refractivity contribution is 5.87. The van der Waals surface area contributed by atoms with E-state index in [9.17, 15) is 14.7 Å². The second-order valence-corrected chi connectivity index (χ2v) is 5.59. The zero-order chi connectivity index (χ0) is 13.6. The summed E-state index contributed by atoms with van der Waals surface area (Å²) in [6.07, 6.45) is 6.42. The van der Waals surface area contributed by atoms with Crippen molar-refractivity contribution in [3.05, 3.63) is 0 Å². The minimum Gasteiger partial charge on any atom is -0.480 e. The van der Waals surface area contributed by atoms with Gasteiger partial charge in [-0.15, -0.1) is 0 Å². The Morgan fingerprint density at radius 2 is 2.11 bits per heavy atom. The largest absolute Gasteiger partial charge is 0.480 e. The molecule has 1 aliphatic carbocycles. The number of rotatable bonds is 6. The smallest absolute Gasteiger partial charge is 0.329 e. The number of carboxylic acid groups (broad SMARTS) is 1. The summed E-state index contributed by atoms with van der Waals surface area (Å²) < 4.78 is 0. The molecule has 0 aromatic rings. The van der Waals surface area contributed by atoms with Crippen LogP contribution in [0.2, 0.25) is 0 Å². The molecular formula is C14H25NO3. The monoisotopic (exact) mass is 255 g/mol. The first-order valence-electron chi connectivity index (χ1n) is 7.04. The van der Waals surface area contributed by atoms with Crippen molar-refractivity contribution in [2.75, 3.05) is 0 Å². The van der Waals surface area contributed by atoms with Gasteiger partial charge in [-0.3, -0.25) is 4.79 Å². The Balaban J connectivity index is 2.57. The van der Waals surface area contributed by atoms with Crippen molar-refractivity contribution in [2.45, 2.75) is 70.8 Å². The van der Waals surface area contributed by atoms with E-state index in [-0.39, 0.29) is 5.91 Å². The molecule has 0 heterocycles. The van der Waals surface area contributed by atoms with Crippen LogP contribution in [-0.2, 0) is 9.59 Å². The van der Waals surface area contributed by atoms with E-state index in [1.54, 1.807) is 0 Å². The summed E-state index contributed by atoms with van der Waals surface area (Å²) >= 11 is 0. The highest BCUT2D eigenvalue weighted by atomic mass is 16.4. The van der Waals surface area contributed by atoms with Crippen LogP contribution in [0.4, 0.5) is 0 Å². The second kappa shape index (κ2) is 6.76. The van der Waals surface area contributed by atoms with Crippen molar-refractivity contribution in [3.63, 3.8) is 0 Å². The summed E-state index contributed by atoms with van der Waals surface area (Å²) in [6.45, 7) is 4.14. The lowest BCUT2D eigenvalue weighted by molar-refractivity contribution is -0.150. The normalized spacial score (nSPS) is 27.8. The molecule has 4 heteroatoms. The molecule has 4 nitrogen and oxygen atoms in total. The molecule has 1 aliphatic rings. The second-order valence-electron chi connectivity index (χ2n) is 5.59. The van der Waals surface area contributed by atoms with Crippen LogP contribution in [0.25, 0.3) is 0 Å². The fourth-order valence-electron chi connectivity index (χ4n) is 2.78. The van der Waals surface area contributed by atoms with Crippen LogP contribution in [0.15, 0.2) is 0 Å². The number of amides is 1. The number of carbonyl (C=O) groups is 2. The van der Waals surface area contributed by atoms with Gasteiger partial charge in [-0.25, -0.2) is 4.79 Å². The Morgan fingerprint density at radius 3 is 2.67 bits per heavy atom. The van der Waals surface area contributed by atoms with Gasteiger partial charge in [0.1, 0.15) is 5.54 Å². The number of carboxylic acids is 1. The number of hydrogen-bond acceptors (Lipinski definition) is 2. The standard InChI is InChI=1S/C14H25NO3/c1-3-4-5-8-12(16)15-14(13(17)18)9-6-7-11(2)10-14/h11H,3-10H2,1-2H3,(H,15,16)(H,17,18). The van der Waals surface area contributed by atoms with Gasteiger partial charge < -0.3 is 10.4 Å². The molecule has 0 bridgehead atoms. The number of nitrogens with one attached hydrogen (secondary N) is 1. The van der Waals surface area contributed by atoms with Crippen molar-refractivity contribution in [3.8, 4) is 0 Å². The number of unbranched alkanes of at least 4 members (excludes halogenated alkanes) is 2. The third-order valence-electron chi connectivity index (χ3n) is 3.79. The molecule has 1 rings (SSSR count). The van der Waals surface area contributed by atoms with Crippen LogP contribution in [0.3, 0.4) is 0 Å². The van der Waals surface area contributed by atoms with Gasteiger partial charge in [0.05, 0.1) is 0 Å². The molecule has 2 N–H and O–H groups in total. The molecule has 2 unspecified atom stereocenters. The Hall–Kier alpha value is -1.06. The zero-order valence-electron chi connectivity index (χ0n) is 11.5. The number of hydrogen-bond donors (Lipinski definition) is 2. The Bertz CT molecular complexity index is 303. The maximum atomic E-state index is 11.8. The fourth-order valence-corrected chi connectivity index (χ4v) is 2.78. The van der Waals surface area contributed by atoms with Crippen LogP contribution >= 0.6 is 0 Å². The highest BCUT2D eigenvalue weighted by Crippen LogP contribution is 2.32. The first kappa shape index (κ1) is 15.0. The molecule has 1 amide bonds. The lowest BCUT2D eigenvalue weighted by Gasteiger charge is -2.37. The maximum absolute atomic E-state index is 11.8. The third-order valence-corrected chi connectivity index (χ3v) is 3.79. The summed E-state index contributed by atoms with van der Waals surface area (Å²) in [6, 6.07) is 0. The number of carbonyl (C=O) groups excluding carboxylic acids is 1. The molecular weight excluding hydrogens is 230 g/mol. The van der Waals surface area contributed by atoms with Crippen molar-refractivity contribution < 1.29 is 14.7 Å². The zero-order valence-corrected chi connectivity index (χ0v) is 11.5. The topological polar surface area (TPSA) is 66.4 Å². The van der Waals surface area contributed by atoms with Crippen molar-refractivity contribution in [1.29, 1.82) is 0 Å². The quantitative estimate of drug-likeness (QED) is 0.717. The lowest BCUT2D eigenvalue weighted by Crippen LogP contribution is -2.56. The summed E-state index contributed by atoms with van der Waals surface area (Å²) in [5.41, 5.74) is -1.01. The molecule has 18 heavy (non-hydrogen) atoms. The summed E-state index contributed by atoms with van der Waals surface area (Å²) in [7, 11) is 0. The average molecular weight is 255 g/mol. The van der Waals surface area contributed by atoms with Crippen LogP contribution < -0.4 is 5.32 Å². The van der Waals surface area contributed by atoms with Gasteiger partial charge in [0.25, 0.3) is 0 Å². The van der Waals surface area contributed by atoms with E-state index in [1.165, 1.54) is 0 Å². The Morgan fingerprint density at radius 1 is 1.39 bits per heavy atom. The Kier molecular flexibility index (Phi) is 5.63. The molecule has 0 spiro atoms. The molecule has 1 saturated carbocycles. The van der Waals surface area contributed by atoms with Crippen LogP contribution in [-0.4, -0.2) is 22.5 Å². The fraction of sp³-hybridized carbons (Fsp3) is 0.857. The molecule has 0 aliphatic heterocycles. The highest BCUT2D eigenvalue weighted by Gasteiger charge is 2.42. The van der Waals surface area contributed by atoms with Gasteiger partial charge in [0, 0.05) is 6.42 Å². The molecule has 2 atom stereocenters. The minimum atomic E-state index is -1.01. The number of aliphatic carboxylic acids is 1. The van der Waals surface area contributed by atoms with E-state index >= 15 is 0 Å². The molecule has 104 valence electrons. The third kappa shape index (κ3) is 4.00. The van der Waals surface area contributed by atoms with Gasteiger partial charge >= 0.3 is 5.97 Å². The molecule has 0 aromatic heterocycles. The van der Waals surface area contributed by atoms with Gasteiger partial charge in [-0.2, -0.15) is 0 Å². The lowest BCUT2D eigenvalue weighted by atomic mass is 9.76. The van der Waals surface area contributed by atoms with Gasteiger partial charge in [-0.05, 0) is 25.2 Å². The van der Waals surface area contributed by atoms with Gasteiger partial charge in [0.2, 0.25) is 5.91 Å². The van der Waals surface area contributed by atoms with Crippen molar-refractivity contribution in [1.82, 2.24) is 5.32 Å². The van der Waals surface area contributed by atoms with Crippen LogP contribution in [0, 0.1) is 5.92 Å². The van der Waals surface area contributed by atoms with Gasteiger partial charge in [-0.1, -0.05) is 39.5 Å². The summed E-state index contributed by atoms with van der Waals surface area (Å²) in [4.78, 5) is 23.3. The van der Waals surface area contributed by atoms with E-state index in [2.05, 4.69) is 19.2 Å². The van der Waals surface area contributed by atoms with E-state index in [1.807, 2.05) is 0 Å². The molecule has 0 aromatic carbocycles. The van der Waals surface area contributed by atoms with Gasteiger partial charge in [0.15, 0.2) is 0 Å². The van der Waals surface area contributed by atoms with E-state index in [0.717, 1.165) is 32.1 Å².